The standard InChI is InChI=1S/C17H17N3O4/c1-20(9-12-11-22-13-5-2-3-6-14(13)23-12)10-16-18-17(24-19-16)15-7-4-8-21-15/h2-8,12H,9-11H2,1H3. The highest BCUT2D eigenvalue weighted by atomic mass is 16.6. The highest BCUT2D eigenvalue weighted by Crippen LogP contribution is 2.31. The maximum Gasteiger partial charge on any atom is 0.293 e. The molecule has 3 heterocycles. The van der Waals surface area contributed by atoms with Gasteiger partial charge in [-0.1, -0.05) is 17.3 Å². The number of nitrogens with zero attached hydrogens (tertiary/aromatic N) is 3. The quantitative estimate of drug-likeness (QED) is 0.713. The van der Waals surface area contributed by atoms with E-state index in [4.69, 9.17) is 18.4 Å². The van der Waals surface area contributed by atoms with E-state index in [9.17, 15) is 0 Å². The van der Waals surface area contributed by atoms with Crippen molar-refractivity contribution >= 4 is 0 Å². The van der Waals surface area contributed by atoms with E-state index in [2.05, 4.69) is 15.0 Å². The van der Waals surface area contributed by atoms with Gasteiger partial charge in [0.05, 0.1) is 12.8 Å². The number of hydrogen-bond donors (Lipinski definition) is 0. The molecule has 0 spiro atoms. The summed E-state index contributed by atoms with van der Waals surface area (Å²) in [5, 5.41) is 3.98. The van der Waals surface area contributed by atoms with E-state index < -0.39 is 0 Å². The summed E-state index contributed by atoms with van der Waals surface area (Å²) in [5.41, 5.74) is 0. The summed E-state index contributed by atoms with van der Waals surface area (Å²) >= 11 is 0. The number of ether oxygens (including phenoxy) is 2. The van der Waals surface area contributed by atoms with Gasteiger partial charge in [-0.3, -0.25) is 4.90 Å². The van der Waals surface area contributed by atoms with E-state index >= 15 is 0 Å². The fourth-order valence-electron chi connectivity index (χ4n) is 2.63. The van der Waals surface area contributed by atoms with Gasteiger partial charge in [0, 0.05) is 6.54 Å². The molecule has 0 radical (unpaired) electrons. The lowest BCUT2D eigenvalue weighted by Gasteiger charge is -2.29. The highest BCUT2D eigenvalue weighted by Gasteiger charge is 2.22. The Morgan fingerprint density at radius 3 is 2.88 bits per heavy atom. The van der Waals surface area contributed by atoms with E-state index in [-0.39, 0.29) is 6.10 Å². The fraction of sp³-hybridized carbons (Fsp3) is 0.294. The van der Waals surface area contributed by atoms with Crippen molar-refractivity contribution in [3.05, 3.63) is 48.5 Å². The van der Waals surface area contributed by atoms with Gasteiger partial charge >= 0.3 is 0 Å². The summed E-state index contributed by atoms with van der Waals surface area (Å²) in [6.45, 7) is 1.76. The third-order valence-electron chi connectivity index (χ3n) is 3.69. The smallest absolute Gasteiger partial charge is 0.293 e. The van der Waals surface area contributed by atoms with Crippen molar-refractivity contribution in [3.8, 4) is 23.1 Å². The minimum atomic E-state index is -0.0404. The van der Waals surface area contributed by atoms with Crippen LogP contribution in [0.1, 0.15) is 5.82 Å². The molecule has 1 aliphatic heterocycles. The summed E-state index contributed by atoms with van der Waals surface area (Å²) < 4.78 is 22.1. The average molecular weight is 327 g/mol. The topological polar surface area (TPSA) is 73.8 Å². The number of benzene rings is 1. The highest BCUT2D eigenvalue weighted by molar-refractivity contribution is 5.42. The van der Waals surface area contributed by atoms with E-state index in [0.717, 1.165) is 11.5 Å². The molecular formula is C17H17N3O4. The van der Waals surface area contributed by atoms with Crippen LogP contribution in [0.25, 0.3) is 11.7 Å². The Bertz CT molecular complexity index is 800. The zero-order valence-corrected chi connectivity index (χ0v) is 13.2. The molecule has 0 aliphatic carbocycles. The lowest BCUT2D eigenvalue weighted by Crippen LogP contribution is -2.39. The molecular weight excluding hydrogens is 310 g/mol. The second-order valence-electron chi connectivity index (χ2n) is 5.69. The Hall–Kier alpha value is -2.80. The van der Waals surface area contributed by atoms with Gasteiger partial charge in [0.15, 0.2) is 23.1 Å². The molecule has 3 aromatic rings. The molecule has 24 heavy (non-hydrogen) atoms. The Morgan fingerprint density at radius 2 is 2.04 bits per heavy atom. The van der Waals surface area contributed by atoms with Crippen molar-refractivity contribution in [2.75, 3.05) is 20.2 Å². The second kappa shape index (κ2) is 6.37. The Kier molecular flexibility index (Phi) is 3.92. The lowest BCUT2D eigenvalue weighted by molar-refractivity contribution is 0.0630. The van der Waals surface area contributed by atoms with E-state index in [1.54, 1.807) is 18.4 Å². The molecule has 7 nitrogen and oxygen atoms in total. The summed E-state index contributed by atoms with van der Waals surface area (Å²) in [5.74, 6) is 3.12. The summed E-state index contributed by atoms with van der Waals surface area (Å²) in [6, 6.07) is 11.3. The van der Waals surface area contributed by atoms with Crippen LogP contribution in [0.3, 0.4) is 0 Å². The number of aromatic nitrogens is 2. The van der Waals surface area contributed by atoms with Gasteiger partial charge in [0.25, 0.3) is 5.89 Å². The molecule has 4 rings (SSSR count). The van der Waals surface area contributed by atoms with Crippen molar-refractivity contribution in [2.45, 2.75) is 12.6 Å². The number of para-hydroxylation sites is 2. The Balaban J connectivity index is 1.35. The SMILES string of the molecule is CN(Cc1noc(-c2ccco2)n1)CC1COc2ccccc2O1. The van der Waals surface area contributed by atoms with Crippen LogP contribution in [-0.4, -0.2) is 41.3 Å². The minimum Gasteiger partial charge on any atom is -0.486 e. The van der Waals surface area contributed by atoms with Crippen molar-refractivity contribution in [1.29, 1.82) is 0 Å². The Morgan fingerprint density at radius 1 is 1.17 bits per heavy atom. The molecule has 0 fully saturated rings. The van der Waals surface area contributed by atoms with Gasteiger partial charge in [-0.2, -0.15) is 4.98 Å². The molecule has 0 bridgehead atoms. The van der Waals surface area contributed by atoms with Gasteiger partial charge < -0.3 is 18.4 Å². The largest absolute Gasteiger partial charge is 0.486 e. The van der Waals surface area contributed by atoms with Gasteiger partial charge in [-0.15, -0.1) is 0 Å². The van der Waals surface area contributed by atoms with Gasteiger partial charge in [-0.25, -0.2) is 0 Å². The number of rotatable bonds is 5. The van der Waals surface area contributed by atoms with Crippen LogP contribution in [0.4, 0.5) is 0 Å². The van der Waals surface area contributed by atoms with Crippen molar-refractivity contribution in [2.24, 2.45) is 0 Å². The van der Waals surface area contributed by atoms with Gasteiger partial charge in [0.1, 0.15) is 12.7 Å². The van der Waals surface area contributed by atoms with Crippen molar-refractivity contribution in [1.82, 2.24) is 15.0 Å². The first-order chi connectivity index (χ1) is 11.8. The third-order valence-corrected chi connectivity index (χ3v) is 3.69. The fourth-order valence-corrected chi connectivity index (χ4v) is 2.63. The number of furan rings is 1. The van der Waals surface area contributed by atoms with Crippen LogP contribution in [0, 0.1) is 0 Å². The van der Waals surface area contributed by atoms with Crippen LogP contribution in [0.5, 0.6) is 11.5 Å². The zero-order valence-electron chi connectivity index (χ0n) is 13.2. The van der Waals surface area contributed by atoms with Crippen LogP contribution in [0.15, 0.2) is 51.6 Å². The second-order valence-corrected chi connectivity index (χ2v) is 5.69. The Labute approximate surface area is 138 Å². The monoisotopic (exact) mass is 327 g/mol. The summed E-state index contributed by atoms with van der Waals surface area (Å²) in [4.78, 5) is 6.40. The number of hydrogen-bond acceptors (Lipinski definition) is 7. The predicted octanol–water partition coefficient (Wildman–Crippen LogP) is 2.60. The summed E-state index contributed by atoms with van der Waals surface area (Å²) in [6.07, 6.45) is 1.53. The normalized spacial score (nSPS) is 16.5. The van der Waals surface area contributed by atoms with E-state index in [0.29, 0.717) is 37.2 Å². The number of likely N-dealkylation sites (N-methyl/N-ethyl adjacent to an activating group) is 1. The first kappa shape index (κ1) is 14.8. The molecule has 0 N–H and O–H groups in total. The predicted molar refractivity (Wildman–Crippen MR) is 84.7 cm³/mol. The third kappa shape index (κ3) is 3.11. The molecule has 0 amide bonds. The maximum absolute atomic E-state index is 5.96. The molecule has 124 valence electrons. The number of fused-ring (bicyclic) bond motifs is 1. The molecule has 1 unspecified atom stereocenters. The van der Waals surface area contributed by atoms with Gasteiger partial charge in [0.2, 0.25) is 0 Å². The molecule has 1 aromatic carbocycles. The van der Waals surface area contributed by atoms with Crippen LogP contribution in [-0.2, 0) is 6.54 Å². The maximum atomic E-state index is 5.96. The van der Waals surface area contributed by atoms with Crippen LogP contribution < -0.4 is 9.47 Å². The zero-order chi connectivity index (χ0) is 16.4. The summed E-state index contributed by atoms with van der Waals surface area (Å²) in [7, 11) is 1.98. The first-order valence-electron chi connectivity index (χ1n) is 7.71. The average Bonchev–Trinajstić information content (AvgIpc) is 3.26. The van der Waals surface area contributed by atoms with Gasteiger partial charge in [-0.05, 0) is 31.3 Å². The molecule has 0 saturated carbocycles. The van der Waals surface area contributed by atoms with Crippen LogP contribution in [0.2, 0.25) is 0 Å². The van der Waals surface area contributed by atoms with Crippen LogP contribution >= 0.6 is 0 Å². The van der Waals surface area contributed by atoms with E-state index in [1.807, 2.05) is 31.3 Å². The first-order valence-corrected chi connectivity index (χ1v) is 7.71. The minimum absolute atomic E-state index is 0.0404. The van der Waals surface area contributed by atoms with Crippen molar-refractivity contribution < 1.29 is 18.4 Å². The van der Waals surface area contributed by atoms with E-state index in [1.165, 1.54) is 0 Å². The van der Waals surface area contributed by atoms with Crippen molar-refractivity contribution in [3.63, 3.8) is 0 Å². The molecule has 1 atom stereocenters. The molecule has 2 aromatic heterocycles. The lowest BCUT2D eigenvalue weighted by atomic mass is 10.2. The molecule has 1 aliphatic rings. The molecule has 0 saturated heterocycles. The molecule has 7 heteroatoms.